The first-order valence-corrected chi connectivity index (χ1v) is 11.8. The smallest absolute Gasteiger partial charge is 0.647 e. The average Bonchev–Trinajstić information content (AvgIpc) is 2.85. The van der Waals surface area contributed by atoms with Gasteiger partial charge >= 0.3 is 34.1 Å². The van der Waals surface area contributed by atoms with E-state index in [1.807, 2.05) is 6.08 Å². The van der Waals surface area contributed by atoms with Gasteiger partial charge in [0.1, 0.15) is 0 Å². The molecule has 214 valence electrons. The number of aliphatic hydroxyl groups is 2. The summed E-state index contributed by atoms with van der Waals surface area (Å²) in [7, 11) is 2.00. The van der Waals surface area contributed by atoms with E-state index in [9.17, 15) is 0 Å². The first-order valence-electron chi connectivity index (χ1n) is 11.8. The summed E-state index contributed by atoms with van der Waals surface area (Å²) in [6.45, 7) is 3.77. The van der Waals surface area contributed by atoms with Crippen LogP contribution in [0.2, 0.25) is 0 Å². The monoisotopic (exact) mass is 584 g/mol. The first kappa shape index (κ1) is 41.5. The second-order valence-electron chi connectivity index (χ2n) is 7.55. The van der Waals surface area contributed by atoms with Crippen molar-refractivity contribution in [2.24, 2.45) is 22.9 Å². The maximum absolute atomic E-state index is 7.00. The van der Waals surface area contributed by atoms with Gasteiger partial charge in [0, 0.05) is 14.2 Å². The Morgan fingerprint density at radius 2 is 0.882 bits per heavy atom. The molecule has 34 heavy (non-hydrogen) atoms. The van der Waals surface area contributed by atoms with Crippen LogP contribution in [-0.4, -0.2) is 75.3 Å². The molecule has 4 rings (SSSR count). The summed E-state index contributed by atoms with van der Waals surface area (Å²) < 4.78 is 0. The van der Waals surface area contributed by atoms with Crippen LogP contribution in [0.5, 0.6) is 0 Å². The van der Waals surface area contributed by atoms with E-state index in [0.29, 0.717) is 0 Å². The number of hydrogen-bond acceptors (Lipinski definition) is 6. The Kier molecular flexibility index (Phi) is 40.7. The Morgan fingerprint density at radius 1 is 0.529 bits per heavy atom. The molecule has 0 spiro atoms. The second kappa shape index (κ2) is 33.4. The van der Waals surface area contributed by atoms with Gasteiger partial charge in [-0.1, -0.05) is 88.5 Å². The van der Waals surface area contributed by atoms with Gasteiger partial charge in [-0.05, 0) is 6.42 Å². The van der Waals surface area contributed by atoms with Gasteiger partial charge in [0.25, 0.3) is 0 Å². The van der Waals surface area contributed by atoms with Crippen LogP contribution in [-0.2, 0) is 34.1 Å². The molecule has 0 aromatic rings. The first-order chi connectivity index (χ1) is 15.6. The van der Waals surface area contributed by atoms with E-state index in [0.717, 1.165) is 66.1 Å². The third kappa shape index (κ3) is 30.4. The van der Waals surface area contributed by atoms with Gasteiger partial charge in [0.2, 0.25) is 0 Å². The molecule has 4 atom stereocenters. The van der Waals surface area contributed by atoms with Crippen LogP contribution < -0.4 is 22.9 Å². The van der Waals surface area contributed by atoms with E-state index in [1.165, 1.54) is 38.5 Å². The molecular weight excluding hydrogens is 535 g/mol. The summed E-state index contributed by atoms with van der Waals surface area (Å²) >= 11 is 0. The molecule has 4 aliphatic rings. The average molecular weight is 586 g/mol. The van der Waals surface area contributed by atoms with E-state index in [-0.39, 0.29) is 58.8 Å². The molecule has 10 N–H and O–H groups in total. The molecule has 3 fully saturated rings. The zero-order chi connectivity index (χ0) is 24.5. The summed E-state index contributed by atoms with van der Waals surface area (Å²) in [6, 6.07) is 0. The van der Waals surface area contributed by atoms with Gasteiger partial charge in [-0.15, -0.1) is 32.3 Å². The van der Waals surface area contributed by atoms with Gasteiger partial charge in [-0.25, -0.2) is 0 Å². The largest absolute Gasteiger partial charge is 1.00 e. The fourth-order valence-electron chi connectivity index (χ4n) is 3.02. The number of piperidine rings is 3. The van der Waals surface area contributed by atoms with Gasteiger partial charge in [0.05, 0.1) is 0 Å². The van der Waals surface area contributed by atoms with Crippen LogP contribution in [0.1, 0.15) is 64.2 Å². The topological polar surface area (TPSA) is 201 Å². The zero-order valence-corrected chi connectivity index (χ0v) is 22.8. The summed E-state index contributed by atoms with van der Waals surface area (Å²) in [4.78, 5) is 0. The summed E-state index contributed by atoms with van der Waals surface area (Å²) in [5, 5.41) is 30.3. The van der Waals surface area contributed by atoms with Crippen LogP contribution in [0.4, 0.5) is 0 Å². The Hall–Kier alpha value is 0.379. The predicted octanol–water partition coefficient (Wildman–Crippen LogP) is 2.30. The van der Waals surface area contributed by atoms with Crippen molar-refractivity contribution in [2.75, 3.05) is 40.4 Å². The van der Waals surface area contributed by atoms with Gasteiger partial charge in [-0.2, -0.15) is 0 Å². The Morgan fingerprint density at radius 3 is 1.00 bits per heavy atom. The molecule has 4 unspecified atom stereocenters. The van der Waals surface area contributed by atoms with Crippen molar-refractivity contribution in [3.8, 4) is 0 Å². The number of rotatable bonds is 0. The number of nitrogens with two attached hydrogens (primary N) is 4. The quantitative estimate of drug-likeness (QED) is 0.186. The van der Waals surface area contributed by atoms with E-state index >= 15 is 0 Å². The molecule has 0 aliphatic carbocycles. The molecule has 0 radical (unpaired) electrons. The molecule has 4 heterocycles. The molecule has 3 saturated heterocycles. The summed E-state index contributed by atoms with van der Waals surface area (Å²) in [5.74, 6) is 0. The molecule has 4 aliphatic heterocycles. The molecule has 12 heteroatoms. The van der Waals surface area contributed by atoms with Crippen molar-refractivity contribution in [3.63, 3.8) is 0 Å². The van der Waals surface area contributed by atoms with Crippen LogP contribution in [0, 0.1) is 0 Å². The second-order valence-corrected chi connectivity index (χ2v) is 7.55. The van der Waals surface area contributed by atoms with Crippen molar-refractivity contribution in [3.05, 3.63) is 33.4 Å². The van der Waals surface area contributed by atoms with Crippen LogP contribution in [0.15, 0.2) is 12.2 Å². The minimum absolute atomic E-state index is 0. The third-order valence-electron chi connectivity index (χ3n) is 4.80. The number of aliphatic hydroxyl groups excluding tert-OH is 2. The minimum atomic E-state index is 0. The normalized spacial score (nSPS) is 27.1. The van der Waals surface area contributed by atoms with Crippen LogP contribution in [0.25, 0.3) is 21.3 Å². The Bertz CT molecular complexity index is 346. The third-order valence-corrected chi connectivity index (χ3v) is 4.80. The van der Waals surface area contributed by atoms with Gasteiger partial charge in [-0.3, -0.25) is 0 Å². The Balaban J connectivity index is -0.000000165. The van der Waals surface area contributed by atoms with E-state index in [4.69, 9.17) is 33.1 Å². The summed E-state index contributed by atoms with van der Waals surface area (Å²) in [6.07, 6.45) is 16.4. The predicted molar refractivity (Wildman–Crippen MR) is 136 cm³/mol. The standard InChI is InChI=1S/3C5H11N2.C5H9N2.2CH4O.2Cu/c4*6-5-3-1-2-4-7-5;2*1-2;;/h3*5H,1-4,6H2;1-2,5H,3-4,6H2;2*2H,1H3;;/q4*-1;;;2*+1. The van der Waals surface area contributed by atoms with Crippen LogP contribution >= 0.6 is 0 Å². The summed E-state index contributed by atoms with van der Waals surface area (Å²) in [5.41, 5.74) is 21.8. The maximum atomic E-state index is 7.00. The molecule has 10 nitrogen and oxygen atoms in total. The fraction of sp³-hybridized carbons (Fsp3) is 0.909. The van der Waals surface area contributed by atoms with Crippen molar-refractivity contribution in [1.29, 1.82) is 0 Å². The molecule has 0 aromatic carbocycles. The maximum Gasteiger partial charge on any atom is 1.00 e. The van der Waals surface area contributed by atoms with Crippen molar-refractivity contribution in [2.45, 2.75) is 88.9 Å². The molecular formula is C22H50Cu2N8O2-2. The molecule has 0 aromatic heterocycles. The fourth-order valence-corrected chi connectivity index (χ4v) is 3.02. The van der Waals surface area contributed by atoms with Crippen molar-refractivity contribution >= 4 is 0 Å². The van der Waals surface area contributed by atoms with E-state index in [2.05, 4.69) is 27.3 Å². The SMILES string of the molecule is CO.CO.NC1CC=CC[N-]1.NC1CCCC[N-]1.NC1CCCC[N-]1.NC1CCCC[N-]1.[Cu+].[Cu+]. The molecule has 0 bridgehead atoms. The Labute approximate surface area is 229 Å². The van der Waals surface area contributed by atoms with Gasteiger partial charge < -0.3 is 54.4 Å². The van der Waals surface area contributed by atoms with E-state index in [1.54, 1.807) is 0 Å². The van der Waals surface area contributed by atoms with Crippen molar-refractivity contribution < 1.29 is 44.4 Å². The van der Waals surface area contributed by atoms with E-state index < -0.39 is 0 Å². The van der Waals surface area contributed by atoms with Crippen LogP contribution in [0.3, 0.4) is 0 Å². The molecule has 0 amide bonds. The van der Waals surface area contributed by atoms with Gasteiger partial charge in [0.15, 0.2) is 0 Å². The minimum Gasteiger partial charge on any atom is -0.647 e. The molecule has 0 saturated carbocycles. The van der Waals surface area contributed by atoms with Crippen molar-refractivity contribution in [1.82, 2.24) is 0 Å². The number of hydrogen-bond donors (Lipinski definition) is 6. The number of nitrogens with zero attached hydrogens (tertiary/aromatic N) is 4. The zero-order valence-electron chi connectivity index (χ0n) is 21.0.